The van der Waals surface area contributed by atoms with Crippen molar-refractivity contribution in [2.45, 2.75) is 0 Å². The average Bonchev–Trinajstić information content (AvgIpc) is 3.32. The Labute approximate surface area is 239 Å². The van der Waals surface area contributed by atoms with Gasteiger partial charge in [0.05, 0.1) is 22.3 Å². The second kappa shape index (κ2) is 11.3. The standard InChI is InChI=1S/C29H18Br2ClN3O3/c30-19-13-14-24(38-29(37)20-9-4-5-12-23(20)32)18(15-19)16-33-35-28(36)27-25(17-7-2-1-3-8-17)21-10-6-11-22(31)26(21)34-27/h1-16,34H,(H,35,36). The molecule has 0 aliphatic rings. The van der Waals surface area contributed by atoms with Crippen LogP contribution in [-0.2, 0) is 0 Å². The van der Waals surface area contributed by atoms with Crippen molar-refractivity contribution in [2.24, 2.45) is 5.10 Å². The lowest BCUT2D eigenvalue weighted by atomic mass is 10.0. The van der Waals surface area contributed by atoms with E-state index < -0.39 is 11.9 Å². The molecule has 0 aliphatic heterocycles. The van der Waals surface area contributed by atoms with Gasteiger partial charge in [0.2, 0.25) is 0 Å². The number of para-hydroxylation sites is 1. The highest BCUT2D eigenvalue weighted by Crippen LogP contribution is 2.35. The molecule has 0 saturated carbocycles. The number of benzene rings is 4. The fourth-order valence-corrected chi connectivity index (χ4v) is 5.02. The summed E-state index contributed by atoms with van der Waals surface area (Å²) in [5, 5.41) is 5.34. The van der Waals surface area contributed by atoms with Crippen molar-refractivity contribution in [3.05, 3.63) is 122 Å². The zero-order chi connectivity index (χ0) is 26.6. The summed E-state index contributed by atoms with van der Waals surface area (Å²) < 4.78 is 7.17. The molecule has 6 nitrogen and oxygen atoms in total. The number of aromatic amines is 1. The molecule has 0 unspecified atom stereocenters. The average molecular weight is 652 g/mol. The Kier molecular flexibility index (Phi) is 7.74. The van der Waals surface area contributed by atoms with Crippen molar-refractivity contribution in [1.29, 1.82) is 0 Å². The minimum Gasteiger partial charge on any atom is -0.422 e. The first-order valence-electron chi connectivity index (χ1n) is 11.4. The van der Waals surface area contributed by atoms with Crippen LogP contribution >= 0.6 is 43.5 Å². The number of amides is 1. The molecule has 0 aliphatic carbocycles. The highest BCUT2D eigenvalue weighted by molar-refractivity contribution is 9.11. The van der Waals surface area contributed by atoms with Crippen LogP contribution in [0, 0.1) is 0 Å². The highest BCUT2D eigenvalue weighted by Gasteiger charge is 2.20. The SMILES string of the molecule is O=C(Oc1ccc(Br)cc1C=NNC(=O)c1[nH]c2c(Br)cccc2c1-c1ccccc1)c1ccccc1Cl. The summed E-state index contributed by atoms with van der Waals surface area (Å²) in [5.41, 5.74) is 6.14. The number of nitrogens with zero attached hydrogens (tertiary/aromatic N) is 1. The van der Waals surface area contributed by atoms with Gasteiger partial charge in [-0.1, -0.05) is 82.1 Å². The number of hydrogen-bond donors (Lipinski definition) is 2. The molecule has 1 aromatic heterocycles. The van der Waals surface area contributed by atoms with Gasteiger partial charge in [-0.3, -0.25) is 4.79 Å². The molecule has 2 N–H and O–H groups in total. The van der Waals surface area contributed by atoms with E-state index in [4.69, 9.17) is 16.3 Å². The quantitative estimate of drug-likeness (QED) is 0.0845. The summed E-state index contributed by atoms with van der Waals surface area (Å²) in [6.45, 7) is 0. The summed E-state index contributed by atoms with van der Waals surface area (Å²) in [5.74, 6) is -0.767. The van der Waals surface area contributed by atoms with Crippen LogP contribution in [0.3, 0.4) is 0 Å². The number of nitrogens with one attached hydrogen (secondary N) is 2. The van der Waals surface area contributed by atoms with Crippen LogP contribution < -0.4 is 10.2 Å². The second-order valence-corrected chi connectivity index (χ2v) is 10.3. The van der Waals surface area contributed by atoms with Gasteiger partial charge in [0, 0.05) is 25.5 Å². The van der Waals surface area contributed by atoms with Crippen molar-refractivity contribution in [2.75, 3.05) is 0 Å². The molecule has 0 spiro atoms. The molecule has 38 heavy (non-hydrogen) atoms. The van der Waals surface area contributed by atoms with Gasteiger partial charge in [0.15, 0.2) is 0 Å². The maximum Gasteiger partial charge on any atom is 0.345 e. The third kappa shape index (κ3) is 5.43. The number of hydrazone groups is 1. The summed E-state index contributed by atoms with van der Waals surface area (Å²) in [6.07, 6.45) is 1.42. The van der Waals surface area contributed by atoms with Gasteiger partial charge in [0.25, 0.3) is 5.91 Å². The van der Waals surface area contributed by atoms with Crippen molar-refractivity contribution >= 4 is 72.5 Å². The number of halogens is 3. The third-order valence-corrected chi connectivity index (χ3v) is 7.19. The van der Waals surface area contributed by atoms with Gasteiger partial charge >= 0.3 is 5.97 Å². The Morgan fingerprint density at radius 2 is 1.68 bits per heavy atom. The normalized spacial score (nSPS) is 11.1. The topological polar surface area (TPSA) is 83.5 Å². The molecule has 1 heterocycles. The lowest BCUT2D eigenvalue weighted by Gasteiger charge is -2.09. The van der Waals surface area contributed by atoms with Crippen molar-refractivity contribution in [3.63, 3.8) is 0 Å². The number of hydrogen-bond acceptors (Lipinski definition) is 4. The molecule has 188 valence electrons. The maximum atomic E-state index is 13.3. The molecule has 0 bridgehead atoms. The van der Waals surface area contributed by atoms with Crippen LogP contribution in [0.25, 0.3) is 22.0 Å². The lowest BCUT2D eigenvalue weighted by molar-refractivity contribution is 0.0734. The number of aromatic nitrogens is 1. The number of rotatable bonds is 6. The summed E-state index contributed by atoms with van der Waals surface area (Å²) in [7, 11) is 0. The van der Waals surface area contributed by atoms with E-state index >= 15 is 0 Å². The van der Waals surface area contributed by atoms with E-state index in [1.807, 2.05) is 48.5 Å². The van der Waals surface area contributed by atoms with E-state index in [0.29, 0.717) is 11.3 Å². The van der Waals surface area contributed by atoms with E-state index in [1.165, 1.54) is 6.21 Å². The second-order valence-electron chi connectivity index (χ2n) is 8.15. The molecular weight excluding hydrogens is 634 g/mol. The molecule has 5 aromatic rings. The van der Waals surface area contributed by atoms with Gasteiger partial charge < -0.3 is 9.72 Å². The minimum atomic E-state index is -0.604. The molecule has 9 heteroatoms. The fourth-order valence-electron chi connectivity index (χ4n) is 3.97. The predicted octanol–water partition coefficient (Wildman–Crippen LogP) is 8.00. The van der Waals surface area contributed by atoms with E-state index in [9.17, 15) is 9.59 Å². The first kappa shape index (κ1) is 25.9. The minimum absolute atomic E-state index is 0.242. The fraction of sp³-hybridized carbons (Fsp3) is 0. The number of ether oxygens (including phenoxy) is 1. The van der Waals surface area contributed by atoms with Crippen LogP contribution in [0.2, 0.25) is 5.02 Å². The lowest BCUT2D eigenvalue weighted by Crippen LogP contribution is -2.19. The van der Waals surface area contributed by atoms with Gasteiger partial charge in [-0.05, 0) is 57.9 Å². The van der Waals surface area contributed by atoms with E-state index in [-0.39, 0.29) is 16.3 Å². The Balaban J connectivity index is 1.42. The monoisotopic (exact) mass is 649 g/mol. The maximum absolute atomic E-state index is 13.3. The Bertz CT molecular complexity index is 1700. The first-order chi connectivity index (χ1) is 18.4. The number of H-pyrrole nitrogens is 1. The zero-order valence-electron chi connectivity index (χ0n) is 19.5. The largest absolute Gasteiger partial charge is 0.422 e. The molecule has 0 saturated heterocycles. The summed E-state index contributed by atoms with van der Waals surface area (Å²) in [6, 6.07) is 27.2. The summed E-state index contributed by atoms with van der Waals surface area (Å²) in [4.78, 5) is 29.2. The Hall–Kier alpha value is -3.72. The molecule has 0 fully saturated rings. The molecule has 1 amide bonds. The molecule has 0 radical (unpaired) electrons. The van der Waals surface area contributed by atoms with Gasteiger partial charge in [0.1, 0.15) is 11.4 Å². The van der Waals surface area contributed by atoms with Crippen LogP contribution in [0.15, 0.2) is 105 Å². The van der Waals surface area contributed by atoms with Crippen molar-refractivity contribution < 1.29 is 14.3 Å². The zero-order valence-corrected chi connectivity index (χ0v) is 23.5. The Morgan fingerprint density at radius 3 is 2.47 bits per heavy atom. The van der Waals surface area contributed by atoms with Crippen LogP contribution in [0.1, 0.15) is 26.4 Å². The number of carbonyl (C=O) groups excluding carboxylic acids is 2. The van der Waals surface area contributed by atoms with Crippen LogP contribution in [0.5, 0.6) is 5.75 Å². The molecule has 4 aromatic carbocycles. The van der Waals surface area contributed by atoms with E-state index in [1.54, 1.807) is 42.5 Å². The third-order valence-electron chi connectivity index (χ3n) is 5.71. The molecule has 0 atom stereocenters. The smallest absolute Gasteiger partial charge is 0.345 e. The Morgan fingerprint density at radius 1 is 0.921 bits per heavy atom. The van der Waals surface area contributed by atoms with Gasteiger partial charge in [-0.2, -0.15) is 5.10 Å². The van der Waals surface area contributed by atoms with Crippen LogP contribution in [-0.4, -0.2) is 23.1 Å². The van der Waals surface area contributed by atoms with E-state index in [0.717, 1.165) is 31.0 Å². The number of carbonyl (C=O) groups is 2. The van der Waals surface area contributed by atoms with Gasteiger partial charge in [-0.15, -0.1) is 0 Å². The molecular formula is C29H18Br2ClN3O3. The number of esters is 1. The molecule has 5 rings (SSSR count). The number of fused-ring (bicyclic) bond motifs is 1. The summed E-state index contributed by atoms with van der Waals surface area (Å²) >= 11 is 13.1. The van der Waals surface area contributed by atoms with Crippen LogP contribution in [0.4, 0.5) is 0 Å². The first-order valence-corrected chi connectivity index (χ1v) is 13.3. The van der Waals surface area contributed by atoms with Gasteiger partial charge in [-0.25, -0.2) is 10.2 Å². The van der Waals surface area contributed by atoms with E-state index in [2.05, 4.69) is 47.4 Å². The predicted molar refractivity (Wildman–Crippen MR) is 157 cm³/mol. The van der Waals surface area contributed by atoms with Crippen molar-refractivity contribution in [1.82, 2.24) is 10.4 Å². The highest BCUT2D eigenvalue weighted by atomic mass is 79.9. The van der Waals surface area contributed by atoms with Crippen molar-refractivity contribution in [3.8, 4) is 16.9 Å².